The Balaban J connectivity index is 2.80. The molecule has 1 amide bonds. The van der Waals surface area contributed by atoms with Crippen molar-refractivity contribution in [1.82, 2.24) is 5.32 Å². The zero-order valence-corrected chi connectivity index (χ0v) is 13.3. The van der Waals surface area contributed by atoms with Gasteiger partial charge in [0.2, 0.25) is 0 Å². The average molecular weight is 311 g/mol. The van der Waals surface area contributed by atoms with Crippen molar-refractivity contribution in [2.75, 3.05) is 30.4 Å². The Morgan fingerprint density at radius 3 is 2.76 bits per heavy atom. The van der Waals surface area contributed by atoms with E-state index in [1.54, 1.807) is 11.8 Å². The average Bonchev–Trinajstić information content (AvgIpc) is 2.45. The van der Waals surface area contributed by atoms with Crippen molar-refractivity contribution in [2.24, 2.45) is 5.92 Å². The van der Waals surface area contributed by atoms with Crippen LogP contribution in [-0.4, -0.2) is 35.9 Å². The SMILES string of the molecule is CCNc1cc(C(=O)NCC(C)CSC)ccc1[N+](=O)[O-]. The molecule has 0 aliphatic heterocycles. The fourth-order valence-corrected chi connectivity index (χ4v) is 2.57. The normalized spacial score (nSPS) is 11.8. The Labute approximate surface area is 128 Å². The molecular formula is C14H21N3O3S. The second kappa shape index (κ2) is 8.51. The van der Waals surface area contributed by atoms with Crippen molar-refractivity contribution < 1.29 is 9.72 Å². The highest BCUT2D eigenvalue weighted by Gasteiger charge is 2.16. The van der Waals surface area contributed by atoms with E-state index in [9.17, 15) is 14.9 Å². The van der Waals surface area contributed by atoms with Crippen LogP contribution in [0, 0.1) is 16.0 Å². The van der Waals surface area contributed by atoms with Gasteiger partial charge in [0, 0.05) is 24.7 Å². The van der Waals surface area contributed by atoms with Gasteiger partial charge in [-0.15, -0.1) is 0 Å². The van der Waals surface area contributed by atoms with Gasteiger partial charge in [-0.2, -0.15) is 11.8 Å². The van der Waals surface area contributed by atoms with E-state index < -0.39 is 4.92 Å². The quantitative estimate of drug-likeness (QED) is 0.569. The van der Waals surface area contributed by atoms with Crippen LogP contribution in [0.4, 0.5) is 11.4 Å². The predicted octanol–water partition coefficient (Wildman–Crippen LogP) is 2.76. The zero-order chi connectivity index (χ0) is 15.8. The standard InChI is InChI=1S/C14H21N3O3S/c1-4-15-12-7-11(5-6-13(12)17(19)20)14(18)16-8-10(2)9-21-3/h5-7,10,15H,4,8-9H2,1-3H3,(H,16,18). The molecule has 0 aromatic heterocycles. The van der Waals surface area contributed by atoms with E-state index >= 15 is 0 Å². The van der Waals surface area contributed by atoms with E-state index in [-0.39, 0.29) is 11.6 Å². The van der Waals surface area contributed by atoms with Crippen LogP contribution in [0.2, 0.25) is 0 Å². The minimum absolute atomic E-state index is 0.0239. The molecule has 1 atom stereocenters. The van der Waals surface area contributed by atoms with Gasteiger partial charge in [-0.25, -0.2) is 0 Å². The third-order valence-corrected chi connectivity index (χ3v) is 3.79. The summed E-state index contributed by atoms with van der Waals surface area (Å²) in [4.78, 5) is 22.5. The Hall–Kier alpha value is -1.76. The number of nitrogens with one attached hydrogen (secondary N) is 2. The third kappa shape index (κ3) is 5.26. The number of nitro benzene ring substituents is 1. The number of thioether (sulfide) groups is 1. The van der Waals surface area contributed by atoms with E-state index in [1.165, 1.54) is 18.2 Å². The van der Waals surface area contributed by atoms with Crippen molar-refractivity contribution in [1.29, 1.82) is 0 Å². The van der Waals surface area contributed by atoms with Crippen LogP contribution < -0.4 is 10.6 Å². The van der Waals surface area contributed by atoms with Crippen molar-refractivity contribution in [3.05, 3.63) is 33.9 Å². The van der Waals surface area contributed by atoms with Gasteiger partial charge in [0.1, 0.15) is 5.69 Å². The predicted molar refractivity (Wildman–Crippen MR) is 87.1 cm³/mol. The summed E-state index contributed by atoms with van der Waals surface area (Å²) in [6, 6.07) is 4.36. The zero-order valence-electron chi connectivity index (χ0n) is 12.5. The lowest BCUT2D eigenvalue weighted by Gasteiger charge is -2.12. The van der Waals surface area contributed by atoms with Crippen LogP contribution in [0.3, 0.4) is 0 Å². The second-order valence-corrected chi connectivity index (χ2v) is 5.70. The number of amides is 1. The fraction of sp³-hybridized carbons (Fsp3) is 0.500. The largest absolute Gasteiger partial charge is 0.380 e. The second-order valence-electron chi connectivity index (χ2n) is 4.79. The van der Waals surface area contributed by atoms with E-state index in [4.69, 9.17) is 0 Å². The molecule has 0 radical (unpaired) electrons. The van der Waals surface area contributed by atoms with E-state index in [2.05, 4.69) is 17.6 Å². The Bertz CT molecular complexity index is 508. The van der Waals surface area contributed by atoms with E-state index in [1.807, 2.05) is 13.2 Å². The molecular weight excluding hydrogens is 290 g/mol. The van der Waals surface area contributed by atoms with Gasteiger partial charge in [0.05, 0.1) is 4.92 Å². The molecule has 1 aromatic rings. The maximum absolute atomic E-state index is 12.1. The topological polar surface area (TPSA) is 84.3 Å². The van der Waals surface area contributed by atoms with Crippen LogP contribution in [0.15, 0.2) is 18.2 Å². The summed E-state index contributed by atoms with van der Waals surface area (Å²) in [5, 5.41) is 16.7. The molecule has 0 fully saturated rings. The van der Waals surface area contributed by atoms with Gasteiger partial charge in [-0.3, -0.25) is 14.9 Å². The summed E-state index contributed by atoms with van der Waals surface area (Å²) >= 11 is 1.74. The molecule has 116 valence electrons. The molecule has 1 aromatic carbocycles. The highest BCUT2D eigenvalue weighted by atomic mass is 32.2. The van der Waals surface area contributed by atoms with Crippen molar-refractivity contribution in [3.8, 4) is 0 Å². The monoisotopic (exact) mass is 311 g/mol. The van der Waals surface area contributed by atoms with Crippen LogP contribution in [-0.2, 0) is 0 Å². The number of rotatable bonds is 8. The van der Waals surface area contributed by atoms with E-state index in [0.717, 1.165) is 5.75 Å². The van der Waals surface area contributed by atoms with Crippen LogP contribution in [0.5, 0.6) is 0 Å². The molecule has 1 rings (SSSR count). The Kier molecular flexibility index (Phi) is 7.01. The smallest absolute Gasteiger partial charge is 0.292 e. The first-order valence-electron chi connectivity index (χ1n) is 6.79. The van der Waals surface area contributed by atoms with Crippen molar-refractivity contribution >= 4 is 29.0 Å². The maximum atomic E-state index is 12.1. The van der Waals surface area contributed by atoms with E-state index in [0.29, 0.717) is 30.3 Å². The highest BCUT2D eigenvalue weighted by molar-refractivity contribution is 7.98. The summed E-state index contributed by atoms with van der Waals surface area (Å²) in [6.45, 7) is 5.06. The summed E-state index contributed by atoms with van der Waals surface area (Å²) in [6.07, 6.45) is 2.03. The molecule has 2 N–H and O–H groups in total. The number of nitrogens with zero attached hydrogens (tertiary/aromatic N) is 1. The number of carbonyl (C=O) groups is 1. The highest BCUT2D eigenvalue weighted by Crippen LogP contribution is 2.25. The van der Waals surface area contributed by atoms with Gasteiger partial charge in [0.25, 0.3) is 11.6 Å². The number of carbonyl (C=O) groups excluding carboxylic acids is 1. The Morgan fingerprint density at radius 1 is 1.48 bits per heavy atom. The summed E-state index contributed by atoms with van der Waals surface area (Å²) < 4.78 is 0. The number of hydrogen-bond acceptors (Lipinski definition) is 5. The molecule has 7 heteroatoms. The molecule has 21 heavy (non-hydrogen) atoms. The summed E-state index contributed by atoms with van der Waals surface area (Å²) in [5.41, 5.74) is 0.768. The van der Waals surface area contributed by atoms with Crippen LogP contribution >= 0.6 is 11.8 Å². The molecule has 6 nitrogen and oxygen atoms in total. The minimum Gasteiger partial charge on any atom is -0.380 e. The maximum Gasteiger partial charge on any atom is 0.292 e. The van der Waals surface area contributed by atoms with Crippen molar-refractivity contribution in [3.63, 3.8) is 0 Å². The van der Waals surface area contributed by atoms with Crippen molar-refractivity contribution in [2.45, 2.75) is 13.8 Å². The molecule has 0 heterocycles. The third-order valence-electron chi connectivity index (χ3n) is 2.88. The minimum atomic E-state index is -0.458. The van der Waals surface area contributed by atoms with Gasteiger partial charge < -0.3 is 10.6 Å². The van der Waals surface area contributed by atoms with Crippen LogP contribution in [0.1, 0.15) is 24.2 Å². The summed E-state index contributed by atoms with van der Waals surface area (Å²) in [7, 11) is 0. The van der Waals surface area contributed by atoms with Gasteiger partial charge in [-0.1, -0.05) is 6.92 Å². The molecule has 1 unspecified atom stereocenters. The number of hydrogen-bond donors (Lipinski definition) is 2. The number of benzene rings is 1. The van der Waals surface area contributed by atoms with Gasteiger partial charge in [-0.05, 0) is 37.0 Å². The molecule has 0 aliphatic carbocycles. The summed E-state index contributed by atoms with van der Waals surface area (Å²) in [5.74, 6) is 1.15. The lowest BCUT2D eigenvalue weighted by Crippen LogP contribution is -2.29. The Morgan fingerprint density at radius 2 is 2.19 bits per heavy atom. The van der Waals surface area contributed by atoms with Crippen LogP contribution in [0.25, 0.3) is 0 Å². The lowest BCUT2D eigenvalue weighted by atomic mass is 10.1. The lowest BCUT2D eigenvalue weighted by molar-refractivity contribution is -0.384. The molecule has 0 bridgehead atoms. The molecule has 0 saturated heterocycles. The first kappa shape index (κ1) is 17.3. The first-order valence-corrected chi connectivity index (χ1v) is 8.18. The molecule has 0 spiro atoms. The first-order chi connectivity index (χ1) is 9.99. The fourth-order valence-electron chi connectivity index (χ4n) is 1.88. The van der Waals surface area contributed by atoms with Gasteiger partial charge in [0.15, 0.2) is 0 Å². The van der Waals surface area contributed by atoms with Gasteiger partial charge >= 0.3 is 0 Å². The molecule has 0 saturated carbocycles. The molecule has 0 aliphatic rings. The number of nitro groups is 1. The number of anilines is 1.